The van der Waals surface area contributed by atoms with E-state index in [0.29, 0.717) is 11.3 Å². The van der Waals surface area contributed by atoms with Crippen molar-refractivity contribution < 1.29 is 14.3 Å². The van der Waals surface area contributed by atoms with E-state index in [-0.39, 0.29) is 12.1 Å². The van der Waals surface area contributed by atoms with Crippen molar-refractivity contribution in [2.24, 2.45) is 0 Å². The largest absolute Gasteiger partial charge is 0.459 e. The fourth-order valence-electron chi connectivity index (χ4n) is 3.03. The van der Waals surface area contributed by atoms with Crippen LogP contribution in [0.2, 0.25) is 0 Å². The van der Waals surface area contributed by atoms with Crippen LogP contribution in [0.25, 0.3) is 10.8 Å². The highest BCUT2D eigenvalue weighted by Crippen LogP contribution is 2.32. The number of hydrogen-bond donors (Lipinski definition) is 2. The molecule has 0 fully saturated rings. The lowest BCUT2D eigenvalue weighted by molar-refractivity contribution is -0.144. The number of allylic oxidation sites excluding steroid dienone is 1. The molecule has 0 saturated heterocycles. The smallest absolute Gasteiger partial charge is 0.338 e. The van der Waals surface area contributed by atoms with Crippen molar-refractivity contribution in [3.05, 3.63) is 59.3 Å². The predicted octanol–water partition coefficient (Wildman–Crippen LogP) is 3.81. The quantitative estimate of drug-likeness (QED) is 0.833. The summed E-state index contributed by atoms with van der Waals surface area (Å²) >= 11 is 0. The highest BCUT2D eigenvalue weighted by Gasteiger charge is 2.33. The minimum Gasteiger partial charge on any atom is -0.459 e. The van der Waals surface area contributed by atoms with Gasteiger partial charge >= 0.3 is 12.0 Å². The van der Waals surface area contributed by atoms with Crippen molar-refractivity contribution in [2.45, 2.75) is 39.3 Å². The molecule has 0 aliphatic carbocycles. The van der Waals surface area contributed by atoms with Crippen molar-refractivity contribution in [1.29, 1.82) is 0 Å². The summed E-state index contributed by atoms with van der Waals surface area (Å²) in [5, 5.41) is 7.60. The Bertz CT molecular complexity index is 852. The lowest BCUT2D eigenvalue weighted by atomic mass is 9.91. The second-order valence-electron chi connectivity index (χ2n) is 6.26. The van der Waals surface area contributed by atoms with Crippen LogP contribution in [0, 0.1) is 0 Å². The van der Waals surface area contributed by atoms with Gasteiger partial charge in [-0.15, -0.1) is 0 Å². The van der Waals surface area contributed by atoms with Gasteiger partial charge in [0.05, 0.1) is 17.7 Å². The van der Waals surface area contributed by atoms with Crippen LogP contribution in [-0.2, 0) is 9.53 Å². The van der Waals surface area contributed by atoms with Crippen LogP contribution in [0.15, 0.2) is 53.7 Å². The number of carbonyl (C=O) groups excluding carboxylic acids is 2. The van der Waals surface area contributed by atoms with Gasteiger partial charge in [0.25, 0.3) is 0 Å². The van der Waals surface area contributed by atoms with Gasteiger partial charge in [-0.2, -0.15) is 0 Å². The molecule has 0 spiro atoms. The third-order valence-electron chi connectivity index (χ3n) is 4.51. The van der Waals surface area contributed by atoms with Gasteiger partial charge in [-0.05, 0) is 36.6 Å². The molecule has 1 aliphatic rings. The summed E-state index contributed by atoms with van der Waals surface area (Å²) in [6.45, 7) is 5.54. The van der Waals surface area contributed by atoms with Crippen LogP contribution in [-0.4, -0.2) is 18.1 Å². The van der Waals surface area contributed by atoms with E-state index in [1.54, 1.807) is 6.92 Å². The number of benzene rings is 2. The molecule has 0 saturated carbocycles. The van der Waals surface area contributed by atoms with E-state index in [1.165, 1.54) is 0 Å². The van der Waals surface area contributed by atoms with Gasteiger partial charge in [-0.1, -0.05) is 49.4 Å². The zero-order valence-corrected chi connectivity index (χ0v) is 14.6. The molecule has 5 heteroatoms. The maximum absolute atomic E-state index is 12.7. The Balaban J connectivity index is 2.09. The molecule has 2 amide bonds. The highest BCUT2D eigenvalue weighted by atomic mass is 16.5. The maximum Gasteiger partial charge on any atom is 0.338 e. The van der Waals surface area contributed by atoms with E-state index in [4.69, 9.17) is 4.74 Å². The van der Waals surface area contributed by atoms with Crippen molar-refractivity contribution >= 4 is 22.8 Å². The first-order chi connectivity index (χ1) is 12.0. The maximum atomic E-state index is 12.7. The number of ether oxygens (including phenoxy) is 1. The molecule has 2 aromatic rings. The predicted molar refractivity (Wildman–Crippen MR) is 96.9 cm³/mol. The van der Waals surface area contributed by atoms with Gasteiger partial charge in [-0.3, -0.25) is 0 Å². The first-order valence-corrected chi connectivity index (χ1v) is 8.48. The van der Waals surface area contributed by atoms with Crippen LogP contribution in [0.4, 0.5) is 4.79 Å². The van der Waals surface area contributed by atoms with Gasteiger partial charge in [0.1, 0.15) is 0 Å². The fourth-order valence-corrected chi connectivity index (χ4v) is 3.03. The van der Waals surface area contributed by atoms with E-state index in [9.17, 15) is 9.59 Å². The molecule has 1 aliphatic heterocycles. The molecular weight excluding hydrogens is 316 g/mol. The van der Waals surface area contributed by atoms with Crippen molar-refractivity contribution in [2.75, 3.05) is 0 Å². The minimum absolute atomic E-state index is 0.182. The van der Waals surface area contributed by atoms with E-state index in [1.807, 2.05) is 56.3 Å². The van der Waals surface area contributed by atoms with E-state index >= 15 is 0 Å². The molecule has 0 aromatic heterocycles. The molecule has 130 valence electrons. The number of carbonyl (C=O) groups is 2. The van der Waals surface area contributed by atoms with Crippen LogP contribution >= 0.6 is 0 Å². The molecule has 2 atom stereocenters. The number of amides is 2. The topological polar surface area (TPSA) is 67.4 Å². The lowest BCUT2D eigenvalue weighted by Gasteiger charge is -2.29. The molecular formula is C20H22N2O3. The zero-order chi connectivity index (χ0) is 18.0. The molecule has 25 heavy (non-hydrogen) atoms. The Morgan fingerprint density at radius 3 is 2.68 bits per heavy atom. The Kier molecular flexibility index (Phi) is 4.74. The van der Waals surface area contributed by atoms with Gasteiger partial charge in [0.2, 0.25) is 0 Å². The third-order valence-corrected chi connectivity index (χ3v) is 4.51. The van der Waals surface area contributed by atoms with Gasteiger partial charge in [0.15, 0.2) is 0 Å². The lowest BCUT2D eigenvalue weighted by Crippen LogP contribution is -2.45. The zero-order valence-electron chi connectivity index (χ0n) is 14.6. The van der Waals surface area contributed by atoms with Crippen LogP contribution in [0.1, 0.15) is 38.8 Å². The summed E-state index contributed by atoms with van der Waals surface area (Å²) in [7, 11) is 0. The molecule has 2 aromatic carbocycles. The summed E-state index contributed by atoms with van der Waals surface area (Å²) in [5.41, 5.74) is 1.84. The summed E-state index contributed by atoms with van der Waals surface area (Å²) in [5.74, 6) is -0.405. The number of rotatable bonds is 4. The molecule has 2 N–H and O–H groups in total. The first-order valence-electron chi connectivity index (χ1n) is 8.48. The van der Waals surface area contributed by atoms with E-state index in [2.05, 4.69) is 10.6 Å². The summed E-state index contributed by atoms with van der Waals surface area (Å²) in [4.78, 5) is 24.8. The molecule has 0 radical (unpaired) electrons. The van der Waals surface area contributed by atoms with Crippen molar-refractivity contribution in [1.82, 2.24) is 10.6 Å². The molecule has 0 bridgehead atoms. The average molecular weight is 338 g/mol. The minimum atomic E-state index is -0.545. The SMILES string of the molecule is CCC(C)OC(=O)C1=C(C)NC(=O)NC1c1cccc2ccccc12. The van der Waals surface area contributed by atoms with Crippen molar-refractivity contribution in [3.8, 4) is 0 Å². The second kappa shape index (κ2) is 6.97. The van der Waals surface area contributed by atoms with Gasteiger partial charge < -0.3 is 15.4 Å². The highest BCUT2D eigenvalue weighted by molar-refractivity contribution is 5.97. The Labute approximate surface area is 147 Å². The normalized spacial score (nSPS) is 18.5. The Morgan fingerprint density at radius 1 is 1.20 bits per heavy atom. The van der Waals surface area contributed by atoms with E-state index < -0.39 is 12.0 Å². The van der Waals surface area contributed by atoms with Gasteiger partial charge in [-0.25, -0.2) is 9.59 Å². The second-order valence-corrected chi connectivity index (χ2v) is 6.26. The van der Waals surface area contributed by atoms with Crippen molar-refractivity contribution in [3.63, 3.8) is 0 Å². The third kappa shape index (κ3) is 3.36. The summed E-state index contributed by atoms with van der Waals surface area (Å²) in [6, 6.07) is 12.9. The summed E-state index contributed by atoms with van der Waals surface area (Å²) < 4.78 is 5.52. The number of nitrogens with one attached hydrogen (secondary N) is 2. The van der Waals surface area contributed by atoms with Crippen LogP contribution in [0.3, 0.4) is 0 Å². The summed E-state index contributed by atoms with van der Waals surface area (Å²) in [6.07, 6.45) is 0.551. The number of esters is 1. The molecule has 3 rings (SSSR count). The average Bonchev–Trinajstić information content (AvgIpc) is 2.60. The standard InChI is InChI=1S/C20H22N2O3/c1-4-12(2)25-19(23)17-13(3)21-20(24)22-18(17)16-11-7-9-14-8-5-6-10-15(14)16/h5-12,18H,4H2,1-3H3,(H2,21,22,24). The monoisotopic (exact) mass is 338 g/mol. The number of hydrogen-bond acceptors (Lipinski definition) is 3. The first kappa shape index (κ1) is 17.0. The number of urea groups is 1. The Morgan fingerprint density at radius 2 is 1.92 bits per heavy atom. The number of fused-ring (bicyclic) bond motifs is 1. The fraction of sp³-hybridized carbons (Fsp3) is 0.300. The molecule has 2 unspecified atom stereocenters. The molecule has 1 heterocycles. The van der Waals surface area contributed by atoms with Crippen LogP contribution in [0.5, 0.6) is 0 Å². The Hall–Kier alpha value is -2.82. The molecule has 5 nitrogen and oxygen atoms in total. The van der Waals surface area contributed by atoms with Crippen LogP contribution < -0.4 is 10.6 Å². The van der Waals surface area contributed by atoms with Gasteiger partial charge in [0, 0.05) is 5.70 Å². The van der Waals surface area contributed by atoms with E-state index in [0.717, 1.165) is 22.8 Å².